The van der Waals surface area contributed by atoms with E-state index in [0.717, 1.165) is 0 Å². The van der Waals surface area contributed by atoms with Gasteiger partial charge in [-0.1, -0.05) is 6.92 Å². The number of nitrogens with one attached hydrogen (secondary N) is 2. The van der Waals surface area contributed by atoms with Gasteiger partial charge in [-0.05, 0) is 43.5 Å². The van der Waals surface area contributed by atoms with Gasteiger partial charge in [-0.3, -0.25) is 10.1 Å². The Morgan fingerprint density at radius 2 is 1.63 bits per heavy atom. The van der Waals surface area contributed by atoms with Crippen molar-refractivity contribution in [2.75, 3.05) is 25.4 Å². The number of amides is 3. The van der Waals surface area contributed by atoms with Crippen LogP contribution in [0.5, 0.6) is 11.5 Å². The van der Waals surface area contributed by atoms with Crippen LogP contribution in [0.15, 0.2) is 24.3 Å². The highest BCUT2D eigenvalue weighted by atomic mass is 32.2. The Hall–Kier alpha value is -2.68. The topological polar surface area (TPSA) is 114 Å². The molecule has 1 aromatic rings. The van der Waals surface area contributed by atoms with E-state index in [4.69, 9.17) is 4.74 Å². The van der Waals surface area contributed by atoms with Gasteiger partial charge in [0.2, 0.25) is 10.0 Å². The van der Waals surface area contributed by atoms with E-state index in [-0.39, 0.29) is 31.4 Å². The van der Waals surface area contributed by atoms with Gasteiger partial charge in [0.25, 0.3) is 5.91 Å². The van der Waals surface area contributed by atoms with Crippen LogP contribution >= 0.6 is 0 Å². The summed E-state index contributed by atoms with van der Waals surface area (Å²) in [4.78, 5) is 23.6. The smallest absolute Gasteiger partial charge is 0.456 e. The van der Waals surface area contributed by atoms with Crippen LogP contribution in [0.3, 0.4) is 0 Å². The lowest BCUT2D eigenvalue weighted by molar-refractivity contribution is -0.290. The van der Waals surface area contributed by atoms with Gasteiger partial charge in [0.15, 0.2) is 6.61 Å². The van der Waals surface area contributed by atoms with E-state index in [1.807, 2.05) is 0 Å². The highest BCUT2D eigenvalue weighted by Crippen LogP contribution is 2.36. The predicted octanol–water partition coefficient (Wildman–Crippen LogP) is 2.42. The Balaban J connectivity index is 1.51. The van der Waals surface area contributed by atoms with E-state index in [2.05, 4.69) is 15.4 Å². The predicted molar refractivity (Wildman–Crippen MR) is 112 cm³/mol. The maximum Gasteiger partial charge on any atom is 0.456 e. The van der Waals surface area contributed by atoms with Crippen molar-refractivity contribution in [3.63, 3.8) is 0 Å². The summed E-state index contributed by atoms with van der Waals surface area (Å²) in [6.07, 6.45) is -5.37. The summed E-state index contributed by atoms with van der Waals surface area (Å²) in [5, 5.41) is 4.45. The molecule has 2 aliphatic rings. The molecule has 0 spiro atoms. The molecule has 3 rings (SSSR count). The van der Waals surface area contributed by atoms with Crippen LogP contribution in [0.25, 0.3) is 0 Å². The molecule has 2 aliphatic heterocycles. The van der Waals surface area contributed by atoms with E-state index in [9.17, 15) is 40.0 Å². The summed E-state index contributed by atoms with van der Waals surface area (Å²) in [6.45, 7) is -0.0423. The number of nitrogens with zero attached hydrogens (tertiary/aromatic N) is 1. The number of benzene rings is 1. The Bertz CT molecular complexity index is 1040. The van der Waals surface area contributed by atoms with Gasteiger partial charge in [0.1, 0.15) is 23.1 Å². The Labute approximate surface area is 198 Å². The van der Waals surface area contributed by atoms with Crippen molar-refractivity contribution in [2.24, 2.45) is 0 Å². The van der Waals surface area contributed by atoms with Gasteiger partial charge in [-0.25, -0.2) is 17.5 Å². The zero-order chi connectivity index (χ0) is 26.1. The molecule has 35 heavy (non-hydrogen) atoms. The van der Waals surface area contributed by atoms with Gasteiger partial charge in [-0.2, -0.15) is 22.0 Å². The van der Waals surface area contributed by atoms with Crippen LogP contribution in [0.2, 0.25) is 0 Å². The SMILES string of the molecule is CC[C@]1(CS(=O)(=O)N2CCC(Oc3ccc(OCC(F)(F)C(F)(F)F)cc3)CC2)NC(=O)NC1=O. The number of alkyl halides is 5. The minimum Gasteiger partial charge on any atom is -0.490 e. The average molecular weight is 529 g/mol. The second-order valence-corrected chi connectivity index (χ2v) is 10.2. The fourth-order valence-electron chi connectivity index (χ4n) is 3.67. The van der Waals surface area contributed by atoms with Crippen LogP contribution in [0, 0.1) is 0 Å². The van der Waals surface area contributed by atoms with Crippen LogP contribution in [-0.2, 0) is 14.8 Å². The molecule has 1 atom stereocenters. The number of imide groups is 1. The lowest BCUT2D eigenvalue weighted by Crippen LogP contribution is -2.55. The first kappa shape index (κ1) is 26.9. The number of carbonyl (C=O) groups is 2. The zero-order valence-electron chi connectivity index (χ0n) is 18.5. The number of hydrogen-bond acceptors (Lipinski definition) is 6. The number of carbonyl (C=O) groups excluding carboxylic acids is 2. The standard InChI is InChI=1S/C20H24F5N3O6S/c1-2-18(16(29)26-17(30)27-18)12-35(31,32)28-9-7-15(8-10-28)34-14-5-3-13(4-6-14)33-11-19(21,22)20(23,24)25/h3-6,15H,2,7-12H2,1H3,(H2,26,27,29,30)/t18-/m1/s1. The monoisotopic (exact) mass is 529 g/mol. The number of sulfonamides is 1. The number of rotatable bonds is 9. The summed E-state index contributed by atoms with van der Waals surface area (Å²) in [6, 6.07) is 4.32. The molecule has 0 aliphatic carbocycles. The number of hydrogen-bond donors (Lipinski definition) is 2. The Morgan fingerprint density at radius 3 is 2.11 bits per heavy atom. The summed E-state index contributed by atoms with van der Waals surface area (Å²) in [7, 11) is -3.88. The van der Waals surface area contributed by atoms with E-state index in [1.54, 1.807) is 6.92 Å². The lowest BCUT2D eigenvalue weighted by Gasteiger charge is -2.34. The molecular weight excluding hydrogens is 505 g/mol. The molecule has 9 nitrogen and oxygen atoms in total. The molecule has 15 heteroatoms. The molecule has 3 amide bonds. The van der Waals surface area contributed by atoms with E-state index in [0.29, 0.717) is 18.6 Å². The van der Waals surface area contributed by atoms with Gasteiger partial charge in [0, 0.05) is 13.1 Å². The maximum absolute atomic E-state index is 13.0. The molecule has 0 bridgehead atoms. The van der Waals surface area contributed by atoms with Crippen molar-refractivity contribution in [1.82, 2.24) is 14.9 Å². The van der Waals surface area contributed by atoms with Gasteiger partial charge >= 0.3 is 18.1 Å². The second kappa shape index (κ2) is 9.76. The largest absolute Gasteiger partial charge is 0.490 e. The molecular formula is C20H24F5N3O6S. The molecule has 1 aromatic carbocycles. The number of urea groups is 1. The lowest BCUT2D eigenvalue weighted by atomic mass is 10.00. The molecule has 196 valence electrons. The van der Waals surface area contributed by atoms with Crippen LogP contribution in [-0.4, -0.2) is 73.9 Å². The third-order valence-corrected chi connectivity index (χ3v) is 7.81. The van der Waals surface area contributed by atoms with E-state index in [1.165, 1.54) is 28.6 Å². The van der Waals surface area contributed by atoms with Crippen molar-refractivity contribution in [3.05, 3.63) is 24.3 Å². The minimum absolute atomic E-state index is 0.0942. The third-order valence-electron chi connectivity index (χ3n) is 5.80. The van der Waals surface area contributed by atoms with Crippen molar-refractivity contribution >= 4 is 22.0 Å². The molecule has 0 saturated carbocycles. The quantitative estimate of drug-likeness (QED) is 0.375. The first-order valence-corrected chi connectivity index (χ1v) is 12.2. The zero-order valence-corrected chi connectivity index (χ0v) is 19.3. The molecule has 2 fully saturated rings. The Kier molecular flexibility index (Phi) is 7.50. The van der Waals surface area contributed by atoms with Gasteiger partial charge in [-0.15, -0.1) is 0 Å². The first-order valence-electron chi connectivity index (χ1n) is 10.6. The summed E-state index contributed by atoms with van der Waals surface area (Å²) in [5.74, 6) is -6.15. The van der Waals surface area contributed by atoms with E-state index < -0.39 is 52.0 Å². The second-order valence-electron chi connectivity index (χ2n) is 8.28. The maximum atomic E-state index is 13.0. The molecule has 2 N–H and O–H groups in total. The third kappa shape index (κ3) is 6.12. The summed E-state index contributed by atoms with van der Waals surface area (Å²) >= 11 is 0. The molecule has 0 unspecified atom stereocenters. The molecule has 2 heterocycles. The summed E-state index contributed by atoms with van der Waals surface area (Å²) in [5.41, 5.74) is -1.53. The first-order chi connectivity index (χ1) is 16.2. The normalized spacial score (nSPS) is 22.6. The average Bonchev–Trinajstić information content (AvgIpc) is 3.05. The van der Waals surface area contributed by atoms with Gasteiger partial charge < -0.3 is 14.8 Å². The van der Waals surface area contributed by atoms with Crippen molar-refractivity contribution in [3.8, 4) is 11.5 Å². The molecule has 0 radical (unpaired) electrons. The highest BCUT2D eigenvalue weighted by molar-refractivity contribution is 7.89. The van der Waals surface area contributed by atoms with Crippen molar-refractivity contribution in [1.29, 1.82) is 0 Å². The minimum atomic E-state index is -5.72. The van der Waals surface area contributed by atoms with Crippen molar-refractivity contribution < 1.29 is 49.4 Å². The number of ether oxygens (including phenoxy) is 2. The highest BCUT2D eigenvalue weighted by Gasteiger charge is 2.58. The fraction of sp³-hybridized carbons (Fsp3) is 0.600. The fourth-order valence-corrected chi connectivity index (χ4v) is 5.65. The molecule has 0 aromatic heterocycles. The van der Waals surface area contributed by atoms with Gasteiger partial charge in [0.05, 0.1) is 5.75 Å². The van der Waals surface area contributed by atoms with Crippen molar-refractivity contribution in [2.45, 2.75) is 49.9 Å². The van der Waals surface area contributed by atoms with E-state index >= 15 is 0 Å². The molecule has 2 saturated heterocycles. The number of halogens is 5. The Morgan fingerprint density at radius 1 is 1.06 bits per heavy atom. The number of piperidine rings is 1. The van der Waals surface area contributed by atoms with Crippen LogP contribution in [0.1, 0.15) is 26.2 Å². The van der Waals surface area contributed by atoms with Crippen LogP contribution < -0.4 is 20.1 Å². The van der Waals surface area contributed by atoms with Crippen LogP contribution in [0.4, 0.5) is 26.7 Å². The summed E-state index contributed by atoms with van der Waals surface area (Å²) < 4.78 is 99.8.